The van der Waals surface area contributed by atoms with Gasteiger partial charge in [0.2, 0.25) is 0 Å². The lowest BCUT2D eigenvalue weighted by Crippen LogP contribution is -2.55. The van der Waals surface area contributed by atoms with E-state index in [0.717, 1.165) is 24.4 Å². The molecule has 1 saturated carbocycles. The Balaban J connectivity index is 1.63. The van der Waals surface area contributed by atoms with E-state index in [0.29, 0.717) is 12.1 Å². The van der Waals surface area contributed by atoms with E-state index < -0.39 is 0 Å². The molecule has 1 aliphatic heterocycles. The van der Waals surface area contributed by atoms with E-state index >= 15 is 0 Å². The van der Waals surface area contributed by atoms with Gasteiger partial charge in [0, 0.05) is 42.8 Å². The van der Waals surface area contributed by atoms with Gasteiger partial charge in [-0.1, -0.05) is 12.8 Å². The predicted octanol–water partition coefficient (Wildman–Crippen LogP) is 1.42. The van der Waals surface area contributed by atoms with Crippen LogP contribution in [0.4, 0.5) is 0 Å². The summed E-state index contributed by atoms with van der Waals surface area (Å²) in [6, 6.07) is 3.55. The van der Waals surface area contributed by atoms with Gasteiger partial charge in [-0.2, -0.15) is 16.9 Å². The average molecular weight is 309 g/mol. The summed E-state index contributed by atoms with van der Waals surface area (Å²) in [5.41, 5.74) is 4.19. The molecule has 0 bridgehead atoms. The van der Waals surface area contributed by atoms with E-state index in [2.05, 4.69) is 34.3 Å². The molecule has 0 amide bonds. The van der Waals surface area contributed by atoms with Crippen LogP contribution in [0.3, 0.4) is 0 Å². The summed E-state index contributed by atoms with van der Waals surface area (Å²) in [6.45, 7) is 1.14. The fourth-order valence-corrected chi connectivity index (χ4v) is 4.83. The van der Waals surface area contributed by atoms with Gasteiger partial charge in [-0.25, -0.2) is 0 Å². The molecule has 1 aromatic rings. The summed E-state index contributed by atoms with van der Waals surface area (Å²) in [5.74, 6) is 8.19. The third-order valence-corrected chi connectivity index (χ3v) is 5.96. The number of nitrogens with one attached hydrogen (secondary N) is 1. The number of hydrogen-bond acceptors (Lipinski definition) is 5. The second kappa shape index (κ2) is 7.13. The van der Waals surface area contributed by atoms with Crippen LogP contribution in [0, 0.1) is 0 Å². The summed E-state index contributed by atoms with van der Waals surface area (Å²) in [5, 5.41) is 4.80. The lowest BCUT2D eigenvalue weighted by Gasteiger charge is -2.37. The molecule has 2 unspecified atom stereocenters. The molecule has 1 saturated heterocycles. The van der Waals surface area contributed by atoms with Crippen LogP contribution in [0.25, 0.3) is 0 Å². The Labute approximate surface area is 131 Å². The molecule has 2 heterocycles. The molecule has 118 valence electrons. The van der Waals surface area contributed by atoms with Crippen molar-refractivity contribution < 1.29 is 0 Å². The Morgan fingerprint density at radius 3 is 3.00 bits per heavy atom. The number of nitrogens with zero attached hydrogens (tertiary/aromatic N) is 3. The first-order valence-corrected chi connectivity index (χ1v) is 9.21. The van der Waals surface area contributed by atoms with Crippen molar-refractivity contribution in [3.8, 4) is 0 Å². The van der Waals surface area contributed by atoms with Crippen molar-refractivity contribution in [2.24, 2.45) is 5.84 Å². The smallest absolute Gasteiger partial charge is 0.0641 e. The van der Waals surface area contributed by atoms with E-state index in [1.54, 1.807) is 0 Å². The molecule has 2 atom stereocenters. The van der Waals surface area contributed by atoms with Crippen molar-refractivity contribution in [1.82, 2.24) is 20.1 Å². The number of rotatable bonds is 5. The van der Waals surface area contributed by atoms with Gasteiger partial charge in [-0.05, 0) is 26.0 Å². The highest BCUT2D eigenvalue weighted by Gasteiger charge is 2.28. The van der Waals surface area contributed by atoms with E-state index in [4.69, 9.17) is 10.9 Å². The van der Waals surface area contributed by atoms with E-state index in [9.17, 15) is 0 Å². The standard InChI is InChI=1S/C15H27N5S/c1-19-8-9-21-11-15(19)14(17-16)10-12-6-7-20(18-12)13-4-2-3-5-13/h6-7,13-15,17H,2-5,8-11,16H2,1H3. The summed E-state index contributed by atoms with van der Waals surface area (Å²) >= 11 is 2.02. The van der Waals surface area contributed by atoms with Crippen LogP contribution in [-0.4, -0.2) is 51.9 Å². The second-order valence-corrected chi connectivity index (χ2v) is 7.48. The minimum Gasteiger partial charge on any atom is -0.300 e. The molecule has 2 aliphatic rings. The molecule has 3 rings (SSSR count). The van der Waals surface area contributed by atoms with Crippen molar-refractivity contribution in [1.29, 1.82) is 0 Å². The quantitative estimate of drug-likeness (QED) is 0.636. The Kier molecular flexibility index (Phi) is 5.21. The Morgan fingerprint density at radius 1 is 1.48 bits per heavy atom. The Morgan fingerprint density at radius 2 is 2.29 bits per heavy atom. The molecule has 0 spiro atoms. The lowest BCUT2D eigenvalue weighted by atomic mass is 10.0. The molecule has 21 heavy (non-hydrogen) atoms. The van der Waals surface area contributed by atoms with Crippen molar-refractivity contribution in [2.45, 2.75) is 50.2 Å². The van der Waals surface area contributed by atoms with Gasteiger partial charge in [0.15, 0.2) is 0 Å². The average Bonchev–Trinajstić information content (AvgIpc) is 3.16. The lowest BCUT2D eigenvalue weighted by molar-refractivity contribution is 0.213. The SMILES string of the molecule is CN1CCSCC1C(Cc1ccn(C2CCCC2)n1)NN. The van der Waals surface area contributed by atoms with Gasteiger partial charge in [0.25, 0.3) is 0 Å². The fraction of sp³-hybridized carbons (Fsp3) is 0.800. The van der Waals surface area contributed by atoms with Crippen molar-refractivity contribution in [2.75, 3.05) is 25.1 Å². The van der Waals surface area contributed by atoms with Crippen molar-refractivity contribution in [3.05, 3.63) is 18.0 Å². The first kappa shape index (κ1) is 15.3. The largest absolute Gasteiger partial charge is 0.300 e. The maximum atomic E-state index is 5.82. The molecule has 0 aromatic carbocycles. The van der Waals surface area contributed by atoms with Crippen LogP contribution in [0.15, 0.2) is 12.3 Å². The second-order valence-electron chi connectivity index (χ2n) is 6.33. The third kappa shape index (κ3) is 3.62. The summed E-state index contributed by atoms with van der Waals surface area (Å²) < 4.78 is 2.18. The van der Waals surface area contributed by atoms with E-state index in [1.807, 2.05) is 11.8 Å². The maximum Gasteiger partial charge on any atom is 0.0641 e. The highest BCUT2D eigenvalue weighted by molar-refractivity contribution is 7.99. The first-order chi connectivity index (χ1) is 10.3. The van der Waals surface area contributed by atoms with Gasteiger partial charge in [-0.3, -0.25) is 16.0 Å². The molecule has 0 radical (unpaired) electrons. The topological polar surface area (TPSA) is 59.1 Å². The molecule has 1 aliphatic carbocycles. The minimum absolute atomic E-state index is 0.273. The van der Waals surface area contributed by atoms with Crippen molar-refractivity contribution in [3.63, 3.8) is 0 Å². The van der Waals surface area contributed by atoms with Gasteiger partial charge in [0.05, 0.1) is 11.7 Å². The zero-order chi connectivity index (χ0) is 14.7. The summed E-state index contributed by atoms with van der Waals surface area (Å²) in [4.78, 5) is 2.43. The molecule has 1 aromatic heterocycles. The van der Waals surface area contributed by atoms with Crippen LogP contribution >= 0.6 is 11.8 Å². The number of hydrazine groups is 1. The molecular formula is C15H27N5S. The van der Waals surface area contributed by atoms with E-state index in [-0.39, 0.29) is 6.04 Å². The third-order valence-electron chi connectivity index (χ3n) is 4.91. The van der Waals surface area contributed by atoms with Gasteiger partial charge < -0.3 is 4.90 Å². The van der Waals surface area contributed by atoms with Crippen LogP contribution in [-0.2, 0) is 6.42 Å². The number of hydrogen-bond donors (Lipinski definition) is 2. The monoisotopic (exact) mass is 309 g/mol. The van der Waals surface area contributed by atoms with Gasteiger partial charge in [-0.15, -0.1) is 0 Å². The minimum atomic E-state index is 0.273. The maximum absolute atomic E-state index is 5.82. The summed E-state index contributed by atoms with van der Waals surface area (Å²) in [7, 11) is 2.20. The highest BCUT2D eigenvalue weighted by atomic mass is 32.2. The van der Waals surface area contributed by atoms with Crippen LogP contribution in [0.2, 0.25) is 0 Å². The predicted molar refractivity (Wildman–Crippen MR) is 88.3 cm³/mol. The normalized spacial score (nSPS) is 26.3. The van der Waals surface area contributed by atoms with Gasteiger partial charge >= 0.3 is 0 Å². The van der Waals surface area contributed by atoms with Gasteiger partial charge in [0.1, 0.15) is 0 Å². The van der Waals surface area contributed by atoms with E-state index in [1.165, 1.54) is 31.4 Å². The first-order valence-electron chi connectivity index (χ1n) is 8.06. The zero-order valence-electron chi connectivity index (χ0n) is 12.9. The molecular weight excluding hydrogens is 282 g/mol. The van der Waals surface area contributed by atoms with Crippen molar-refractivity contribution >= 4 is 11.8 Å². The van der Waals surface area contributed by atoms with Crippen LogP contribution in [0.1, 0.15) is 37.4 Å². The molecule has 5 nitrogen and oxygen atoms in total. The number of thioether (sulfide) groups is 1. The molecule has 3 N–H and O–H groups in total. The molecule has 6 heteroatoms. The van der Waals surface area contributed by atoms with Crippen LogP contribution < -0.4 is 11.3 Å². The zero-order valence-corrected chi connectivity index (χ0v) is 13.7. The Bertz CT molecular complexity index is 443. The fourth-order valence-electron chi connectivity index (χ4n) is 3.52. The molecule has 2 fully saturated rings. The number of nitrogens with two attached hydrogens (primary N) is 1. The Hall–Kier alpha value is -0.560. The summed E-state index contributed by atoms with van der Waals surface area (Å²) in [6.07, 6.45) is 8.31. The number of likely N-dealkylation sites (N-methyl/N-ethyl adjacent to an activating group) is 1. The number of aromatic nitrogens is 2. The highest BCUT2D eigenvalue weighted by Crippen LogP contribution is 2.29. The van der Waals surface area contributed by atoms with Crippen LogP contribution in [0.5, 0.6) is 0 Å².